The van der Waals surface area contributed by atoms with Crippen LogP contribution in [0, 0.1) is 6.92 Å². The van der Waals surface area contributed by atoms with Crippen LogP contribution in [0.25, 0.3) is 10.8 Å². The van der Waals surface area contributed by atoms with Crippen molar-refractivity contribution in [2.75, 3.05) is 0 Å². The third-order valence-electron chi connectivity index (χ3n) is 4.32. The van der Waals surface area contributed by atoms with Crippen LogP contribution in [0.1, 0.15) is 43.2 Å². The Morgan fingerprint density at radius 3 is 2.33 bits per heavy atom. The van der Waals surface area contributed by atoms with E-state index >= 15 is 0 Å². The maximum absolute atomic E-state index is 6.60. The third-order valence-corrected chi connectivity index (χ3v) is 4.32. The summed E-state index contributed by atoms with van der Waals surface area (Å²) in [5, 5.41) is 2.63. The summed E-state index contributed by atoms with van der Waals surface area (Å²) in [5.74, 6) is 0. The molecule has 0 bridgehead atoms. The van der Waals surface area contributed by atoms with Gasteiger partial charge in [-0.05, 0) is 42.2 Å². The van der Waals surface area contributed by atoms with E-state index in [2.05, 4.69) is 43.3 Å². The SMILES string of the molecule is Cc1ccc2cc(C3(N)CCCCC3)ccc2c1. The lowest BCUT2D eigenvalue weighted by molar-refractivity contribution is 0.302. The lowest BCUT2D eigenvalue weighted by Gasteiger charge is -2.34. The van der Waals surface area contributed by atoms with Crippen molar-refractivity contribution >= 4 is 10.8 Å². The largest absolute Gasteiger partial charge is 0.321 e. The van der Waals surface area contributed by atoms with E-state index in [9.17, 15) is 0 Å². The first-order valence-corrected chi connectivity index (χ1v) is 6.97. The molecule has 2 N–H and O–H groups in total. The summed E-state index contributed by atoms with van der Waals surface area (Å²) >= 11 is 0. The van der Waals surface area contributed by atoms with Crippen LogP contribution < -0.4 is 5.73 Å². The van der Waals surface area contributed by atoms with E-state index in [1.807, 2.05) is 0 Å². The number of hydrogen-bond donors (Lipinski definition) is 1. The number of rotatable bonds is 1. The molecule has 0 heterocycles. The van der Waals surface area contributed by atoms with Gasteiger partial charge in [-0.15, -0.1) is 0 Å². The summed E-state index contributed by atoms with van der Waals surface area (Å²) in [6.07, 6.45) is 6.13. The fourth-order valence-electron chi connectivity index (χ4n) is 3.15. The van der Waals surface area contributed by atoms with Crippen molar-refractivity contribution < 1.29 is 0 Å². The van der Waals surface area contributed by atoms with E-state index in [0.717, 1.165) is 12.8 Å². The number of nitrogens with two attached hydrogens (primary N) is 1. The highest BCUT2D eigenvalue weighted by molar-refractivity contribution is 5.84. The molecule has 1 aliphatic rings. The Balaban J connectivity index is 2.05. The van der Waals surface area contributed by atoms with Crippen LogP contribution in [0.4, 0.5) is 0 Å². The fraction of sp³-hybridized carbons (Fsp3) is 0.412. The third kappa shape index (κ3) is 2.04. The molecule has 1 heteroatoms. The van der Waals surface area contributed by atoms with Gasteiger partial charge < -0.3 is 5.73 Å². The summed E-state index contributed by atoms with van der Waals surface area (Å²) < 4.78 is 0. The first-order chi connectivity index (χ1) is 8.67. The lowest BCUT2D eigenvalue weighted by Crippen LogP contribution is -2.38. The number of benzene rings is 2. The topological polar surface area (TPSA) is 26.0 Å². The molecule has 0 radical (unpaired) electrons. The molecule has 0 spiro atoms. The minimum Gasteiger partial charge on any atom is -0.321 e. The van der Waals surface area contributed by atoms with Crippen LogP contribution in [0.15, 0.2) is 36.4 Å². The summed E-state index contributed by atoms with van der Waals surface area (Å²) in [6.45, 7) is 2.14. The van der Waals surface area contributed by atoms with Crippen molar-refractivity contribution in [3.63, 3.8) is 0 Å². The Morgan fingerprint density at radius 2 is 1.56 bits per heavy atom. The van der Waals surface area contributed by atoms with Crippen LogP contribution in [0.3, 0.4) is 0 Å². The second kappa shape index (κ2) is 4.40. The van der Waals surface area contributed by atoms with Gasteiger partial charge in [0.1, 0.15) is 0 Å². The van der Waals surface area contributed by atoms with Crippen molar-refractivity contribution in [2.45, 2.75) is 44.6 Å². The standard InChI is InChI=1S/C17H21N/c1-13-5-6-15-12-16(8-7-14(15)11-13)17(18)9-3-2-4-10-17/h5-8,11-12H,2-4,9-10,18H2,1H3. The van der Waals surface area contributed by atoms with Gasteiger partial charge in [-0.25, -0.2) is 0 Å². The number of fused-ring (bicyclic) bond motifs is 1. The Bertz CT molecular complexity index is 565. The zero-order chi connectivity index (χ0) is 12.6. The smallest absolute Gasteiger partial charge is 0.0409 e. The molecule has 0 atom stereocenters. The molecule has 0 unspecified atom stereocenters. The van der Waals surface area contributed by atoms with Gasteiger partial charge >= 0.3 is 0 Å². The average Bonchev–Trinajstić information content (AvgIpc) is 2.39. The van der Waals surface area contributed by atoms with Crippen LogP contribution in [-0.4, -0.2) is 0 Å². The normalized spacial score (nSPS) is 19.0. The first-order valence-electron chi connectivity index (χ1n) is 6.97. The van der Waals surface area contributed by atoms with E-state index in [0.29, 0.717) is 0 Å². The molecule has 1 fully saturated rings. The van der Waals surface area contributed by atoms with E-state index in [4.69, 9.17) is 5.73 Å². The average molecular weight is 239 g/mol. The minimum atomic E-state index is -0.0860. The second-order valence-corrected chi connectivity index (χ2v) is 5.78. The highest BCUT2D eigenvalue weighted by atomic mass is 14.7. The van der Waals surface area contributed by atoms with Crippen molar-refractivity contribution in [2.24, 2.45) is 5.73 Å². The van der Waals surface area contributed by atoms with Gasteiger partial charge in [-0.1, -0.05) is 55.2 Å². The fourth-order valence-corrected chi connectivity index (χ4v) is 3.15. The molecule has 1 saturated carbocycles. The predicted molar refractivity (Wildman–Crippen MR) is 77.6 cm³/mol. The van der Waals surface area contributed by atoms with Crippen molar-refractivity contribution in [3.05, 3.63) is 47.5 Å². The summed E-state index contributed by atoms with van der Waals surface area (Å²) in [6, 6.07) is 13.4. The summed E-state index contributed by atoms with van der Waals surface area (Å²) in [7, 11) is 0. The Kier molecular flexibility index (Phi) is 2.87. The minimum absolute atomic E-state index is 0.0860. The molecule has 1 nitrogen and oxygen atoms in total. The molecule has 3 rings (SSSR count). The molecule has 0 aliphatic heterocycles. The van der Waals surface area contributed by atoms with Crippen molar-refractivity contribution in [1.82, 2.24) is 0 Å². The summed E-state index contributed by atoms with van der Waals surface area (Å²) in [4.78, 5) is 0. The van der Waals surface area contributed by atoms with Gasteiger partial charge in [-0.3, -0.25) is 0 Å². The van der Waals surface area contributed by atoms with E-state index < -0.39 is 0 Å². The maximum atomic E-state index is 6.60. The van der Waals surface area contributed by atoms with Gasteiger partial charge in [0.25, 0.3) is 0 Å². The van der Waals surface area contributed by atoms with Crippen LogP contribution in [-0.2, 0) is 5.54 Å². The second-order valence-electron chi connectivity index (χ2n) is 5.78. The lowest BCUT2D eigenvalue weighted by atomic mass is 9.77. The molecule has 2 aromatic rings. The number of aryl methyl sites for hydroxylation is 1. The van der Waals surface area contributed by atoms with Gasteiger partial charge in [0.15, 0.2) is 0 Å². The number of hydrogen-bond acceptors (Lipinski definition) is 1. The van der Waals surface area contributed by atoms with Crippen LogP contribution >= 0.6 is 0 Å². The maximum Gasteiger partial charge on any atom is 0.0409 e. The molecular weight excluding hydrogens is 218 g/mol. The Hall–Kier alpha value is -1.34. The Morgan fingerprint density at radius 1 is 0.889 bits per heavy atom. The van der Waals surface area contributed by atoms with Crippen LogP contribution in [0.5, 0.6) is 0 Å². The van der Waals surface area contributed by atoms with Gasteiger partial charge in [0, 0.05) is 5.54 Å². The van der Waals surface area contributed by atoms with E-state index in [-0.39, 0.29) is 5.54 Å². The Labute approximate surface area is 109 Å². The zero-order valence-corrected chi connectivity index (χ0v) is 11.1. The highest BCUT2D eigenvalue weighted by Gasteiger charge is 2.29. The van der Waals surface area contributed by atoms with Gasteiger partial charge in [0.05, 0.1) is 0 Å². The molecule has 2 aromatic carbocycles. The quantitative estimate of drug-likeness (QED) is 0.790. The van der Waals surface area contributed by atoms with Gasteiger partial charge in [-0.2, -0.15) is 0 Å². The molecule has 18 heavy (non-hydrogen) atoms. The van der Waals surface area contributed by atoms with Crippen molar-refractivity contribution in [3.8, 4) is 0 Å². The molecule has 94 valence electrons. The predicted octanol–water partition coefficient (Wildman–Crippen LogP) is 4.27. The first kappa shape index (κ1) is 11.7. The zero-order valence-electron chi connectivity index (χ0n) is 11.1. The van der Waals surface area contributed by atoms with E-state index in [1.54, 1.807) is 0 Å². The van der Waals surface area contributed by atoms with Gasteiger partial charge in [0.2, 0.25) is 0 Å². The van der Waals surface area contributed by atoms with Crippen molar-refractivity contribution in [1.29, 1.82) is 0 Å². The monoisotopic (exact) mass is 239 g/mol. The molecule has 1 aliphatic carbocycles. The highest BCUT2D eigenvalue weighted by Crippen LogP contribution is 2.35. The molecule has 0 aromatic heterocycles. The molecule has 0 saturated heterocycles. The molecular formula is C17H21N. The van der Waals surface area contributed by atoms with Crippen LogP contribution in [0.2, 0.25) is 0 Å². The van der Waals surface area contributed by atoms with E-state index in [1.165, 1.54) is 41.2 Å². The summed E-state index contributed by atoms with van der Waals surface area (Å²) in [5.41, 5.74) is 9.15. The molecule has 0 amide bonds.